The average Bonchev–Trinajstić information content (AvgIpc) is 2.89. The van der Waals surface area contributed by atoms with Crippen LogP contribution in [0.1, 0.15) is 35.1 Å². The number of carbonyl (C=O) groups excluding carboxylic acids is 1. The fourth-order valence-corrected chi connectivity index (χ4v) is 2.58. The molecular formula is C14H18N6O2. The average molecular weight is 302 g/mol. The van der Waals surface area contributed by atoms with Crippen molar-refractivity contribution in [2.45, 2.75) is 25.8 Å². The summed E-state index contributed by atoms with van der Waals surface area (Å²) in [7, 11) is 0. The highest BCUT2D eigenvalue weighted by atomic mass is 16.5. The number of rotatable bonds is 4. The van der Waals surface area contributed by atoms with E-state index in [2.05, 4.69) is 20.4 Å². The van der Waals surface area contributed by atoms with Crippen molar-refractivity contribution >= 4 is 17.4 Å². The Hall–Kier alpha value is -2.48. The van der Waals surface area contributed by atoms with E-state index >= 15 is 0 Å². The van der Waals surface area contributed by atoms with Gasteiger partial charge in [0.1, 0.15) is 0 Å². The van der Waals surface area contributed by atoms with E-state index in [1.165, 1.54) is 12.4 Å². The first kappa shape index (κ1) is 14.5. The Morgan fingerprint density at radius 3 is 2.82 bits per heavy atom. The molecule has 0 aliphatic carbocycles. The van der Waals surface area contributed by atoms with Crippen molar-refractivity contribution in [2.24, 2.45) is 5.73 Å². The molecule has 0 spiro atoms. The molecule has 22 heavy (non-hydrogen) atoms. The molecule has 1 amide bonds. The normalized spacial score (nSPS) is 15.7. The van der Waals surface area contributed by atoms with Crippen LogP contribution >= 0.6 is 0 Å². The lowest BCUT2D eigenvalue weighted by molar-refractivity contribution is 0.0657. The second kappa shape index (κ2) is 6.10. The van der Waals surface area contributed by atoms with E-state index in [1.807, 2.05) is 11.6 Å². The fourth-order valence-electron chi connectivity index (χ4n) is 2.58. The molecule has 116 valence electrons. The second-order valence-corrected chi connectivity index (χ2v) is 5.17. The third kappa shape index (κ3) is 2.77. The van der Waals surface area contributed by atoms with Crippen LogP contribution in [-0.4, -0.2) is 38.9 Å². The Bertz CT molecular complexity index is 678. The van der Waals surface area contributed by atoms with Crippen molar-refractivity contribution in [1.29, 1.82) is 0 Å². The van der Waals surface area contributed by atoms with Gasteiger partial charge < -0.3 is 15.8 Å². The number of primary amides is 1. The zero-order chi connectivity index (χ0) is 15.5. The molecule has 2 aromatic rings. The number of aromatic nitrogens is 4. The molecule has 3 heterocycles. The largest absolute Gasteiger partial charge is 0.381 e. The van der Waals surface area contributed by atoms with Crippen molar-refractivity contribution in [1.82, 2.24) is 19.7 Å². The number of carbonyl (C=O) groups is 1. The molecule has 3 N–H and O–H groups in total. The summed E-state index contributed by atoms with van der Waals surface area (Å²) in [5.41, 5.74) is 7.19. The molecule has 0 atom stereocenters. The number of nitrogens with zero attached hydrogens (tertiary/aromatic N) is 4. The number of nitrogens with two attached hydrogens (primary N) is 1. The molecular weight excluding hydrogens is 284 g/mol. The highest BCUT2D eigenvalue weighted by molar-refractivity contribution is 5.96. The number of nitrogens with one attached hydrogen (secondary N) is 1. The van der Waals surface area contributed by atoms with Crippen molar-refractivity contribution in [3.63, 3.8) is 0 Å². The van der Waals surface area contributed by atoms with E-state index in [1.54, 1.807) is 6.20 Å². The van der Waals surface area contributed by atoms with Crippen LogP contribution in [0.15, 0.2) is 18.6 Å². The summed E-state index contributed by atoms with van der Waals surface area (Å²) in [5.74, 6) is -0.283. The predicted octanol–water partition coefficient (Wildman–Crippen LogP) is 1.18. The Labute approximate surface area is 127 Å². The summed E-state index contributed by atoms with van der Waals surface area (Å²) in [4.78, 5) is 19.5. The van der Waals surface area contributed by atoms with Crippen LogP contribution in [0.5, 0.6) is 0 Å². The topological polar surface area (TPSA) is 108 Å². The maximum absolute atomic E-state index is 11.4. The molecule has 1 fully saturated rings. The molecule has 3 rings (SSSR count). The van der Waals surface area contributed by atoms with Crippen LogP contribution in [-0.2, 0) is 4.74 Å². The first-order valence-corrected chi connectivity index (χ1v) is 7.16. The standard InChI is InChI=1S/C14H18N6O2/c1-9-11(8-18-20(9)10-2-6-22-7-3-10)19-14-12(13(15)21)16-4-5-17-14/h4-5,8,10H,2-3,6-7H2,1H3,(H2,15,21)(H,17,19). The zero-order valence-corrected chi connectivity index (χ0v) is 12.3. The second-order valence-electron chi connectivity index (χ2n) is 5.17. The molecule has 1 aliphatic heterocycles. The number of amides is 1. The molecule has 0 aromatic carbocycles. The van der Waals surface area contributed by atoms with E-state index in [-0.39, 0.29) is 5.69 Å². The Kier molecular flexibility index (Phi) is 4.01. The summed E-state index contributed by atoms with van der Waals surface area (Å²) < 4.78 is 7.37. The summed E-state index contributed by atoms with van der Waals surface area (Å²) in [6, 6.07) is 0.335. The molecule has 0 saturated carbocycles. The minimum absolute atomic E-state index is 0.112. The summed E-state index contributed by atoms with van der Waals surface area (Å²) in [5, 5.41) is 7.54. The van der Waals surface area contributed by atoms with Crippen molar-refractivity contribution in [2.75, 3.05) is 18.5 Å². The van der Waals surface area contributed by atoms with Gasteiger partial charge in [0, 0.05) is 25.6 Å². The number of anilines is 2. The fraction of sp³-hybridized carbons (Fsp3) is 0.429. The van der Waals surface area contributed by atoms with Gasteiger partial charge in [-0.15, -0.1) is 0 Å². The summed E-state index contributed by atoms with van der Waals surface area (Å²) >= 11 is 0. The minimum atomic E-state index is -0.620. The molecule has 1 saturated heterocycles. The van der Waals surface area contributed by atoms with Gasteiger partial charge in [-0.25, -0.2) is 9.97 Å². The van der Waals surface area contributed by atoms with Crippen LogP contribution in [0.2, 0.25) is 0 Å². The smallest absolute Gasteiger partial charge is 0.271 e. The maximum atomic E-state index is 11.4. The molecule has 1 aliphatic rings. The first-order valence-electron chi connectivity index (χ1n) is 7.16. The number of ether oxygens (including phenoxy) is 1. The predicted molar refractivity (Wildman–Crippen MR) is 79.9 cm³/mol. The quantitative estimate of drug-likeness (QED) is 0.878. The number of hydrogen-bond donors (Lipinski definition) is 2. The Morgan fingerprint density at radius 2 is 2.09 bits per heavy atom. The van der Waals surface area contributed by atoms with Gasteiger partial charge in [-0.3, -0.25) is 9.48 Å². The van der Waals surface area contributed by atoms with Crippen LogP contribution in [0, 0.1) is 6.92 Å². The third-order valence-electron chi connectivity index (χ3n) is 3.77. The zero-order valence-electron chi connectivity index (χ0n) is 12.3. The first-order chi connectivity index (χ1) is 10.7. The van der Waals surface area contributed by atoms with Crippen LogP contribution in [0.3, 0.4) is 0 Å². The van der Waals surface area contributed by atoms with Crippen LogP contribution in [0.25, 0.3) is 0 Å². The van der Waals surface area contributed by atoms with Gasteiger partial charge in [0.25, 0.3) is 5.91 Å². The van der Waals surface area contributed by atoms with Crippen LogP contribution < -0.4 is 11.1 Å². The minimum Gasteiger partial charge on any atom is -0.381 e. The van der Waals surface area contributed by atoms with E-state index in [0.717, 1.165) is 37.4 Å². The third-order valence-corrected chi connectivity index (χ3v) is 3.77. The van der Waals surface area contributed by atoms with E-state index in [9.17, 15) is 4.79 Å². The van der Waals surface area contributed by atoms with Crippen molar-refractivity contribution < 1.29 is 9.53 Å². The van der Waals surface area contributed by atoms with Gasteiger partial charge in [-0.1, -0.05) is 0 Å². The van der Waals surface area contributed by atoms with Gasteiger partial charge in [-0.05, 0) is 19.8 Å². The van der Waals surface area contributed by atoms with E-state index in [0.29, 0.717) is 11.9 Å². The van der Waals surface area contributed by atoms with E-state index in [4.69, 9.17) is 10.5 Å². The monoisotopic (exact) mass is 302 g/mol. The van der Waals surface area contributed by atoms with Gasteiger partial charge in [0.2, 0.25) is 0 Å². The highest BCUT2D eigenvalue weighted by Crippen LogP contribution is 2.27. The highest BCUT2D eigenvalue weighted by Gasteiger charge is 2.20. The SMILES string of the molecule is Cc1c(Nc2nccnc2C(N)=O)cnn1C1CCOCC1. The van der Waals surface area contributed by atoms with E-state index < -0.39 is 5.91 Å². The summed E-state index contributed by atoms with van der Waals surface area (Å²) in [6.45, 7) is 3.48. The van der Waals surface area contributed by atoms with Crippen molar-refractivity contribution in [3.05, 3.63) is 30.0 Å². The molecule has 8 nitrogen and oxygen atoms in total. The molecule has 0 unspecified atom stereocenters. The summed E-state index contributed by atoms with van der Waals surface area (Å²) in [6.07, 6.45) is 6.56. The molecule has 0 bridgehead atoms. The van der Waals surface area contributed by atoms with Crippen molar-refractivity contribution in [3.8, 4) is 0 Å². The molecule has 2 aromatic heterocycles. The van der Waals surface area contributed by atoms with Gasteiger partial charge >= 0.3 is 0 Å². The lowest BCUT2D eigenvalue weighted by Crippen LogP contribution is -2.21. The maximum Gasteiger partial charge on any atom is 0.271 e. The van der Waals surface area contributed by atoms with Gasteiger partial charge in [-0.2, -0.15) is 5.10 Å². The Morgan fingerprint density at radius 1 is 1.36 bits per heavy atom. The van der Waals surface area contributed by atoms with Gasteiger partial charge in [0.15, 0.2) is 11.5 Å². The lowest BCUT2D eigenvalue weighted by Gasteiger charge is -2.23. The molecule has 8 heteroatoms. The lowest BCUT2D eigenvalue weighted by atomic mass is 10.1. The number of hydrogen-bond acceptors (Lipinski definition) is 6. The molecule has 0 radical (unpaired) electrons. The van der Waals surface area contributed by atoms with Crippen LogP contribution in [0.4, 0.5) is 11.5 Å². The Balaban J connectivity index is 1.85. The van der Waals surface area contributed by atoms with Gasteiger partial charge in [0.05, 0.1) is 23.6 Å².